The molecule has 0 atom stereocenters. The van der Waals surface area contributed by atoms with Crippen LogP contribution in [0.15, 0.2) is 66.7 Å². The summed E-state index contributed by atoms with van der Waals surface area (Å²) in [4.78, 5) is 0. The molecule has 140 valence electrons. The molecular formula is C23H24FNO2. The third-order valence-corrected chi connectivity index (χ3v) is 4.22. The van der Waals surface area contributed by atoms with Crippen molar-refractivity contribution in [3.05, 3.63) is 89.2 Å². The lowest BCUT2D eigenvalue weighted by atomic mass is 10.1. The minimum absolute atomic E-state index is 0.147. The van der Waals surface area contributed by atoms with Crippen molar-refractivity contribution in [2.45, 2.75) is 27.0 Å². The third kappa shape index (κ3) is 5.00. The number of ether oxygens (including phenoxy) is 2. The summed E-state index contributed by atoms with van der Waals surface area (Å²) in [6, 6.07) is 20.6. The molecule has 1 N–H and O–H groups in total. The number of anilines is 1. The van der Waals surface area contributed by atoms with Gasteiger partial charge >= 0.3 is 0 Å². The molecule has 0 radical (unpaired) electrons. The van der Waals surface area contributed by atoms with Gasteiger partial charge in [0, 0.05) is 23.4 Å². The van der Waals surface area contributed by atoms with E-state index in [1.165, 1.54) is 11.6 Å². The number of aryl methyl sites for hydroxylation is 1. The van der Waals surface area contributed by atoms with Crippen LogP contribution < -0.4 is 14.8 Å². The van der Waals surface area contributed by atoms with Crippen molar-refractivity contribution in [3.63, 3.8) is 0 Å². The summed E-state index contributed by atoms with van der Waals surface area (Å²) in [7, 11) is 0. The van der Waals surface area contributed by atoms with Crippen molar-refractivity contribution in [3.8, 4) is 11.5 Å². The Morgan fingerprint density at radius 3 is 2.33 bits per heavy atom. The van der Waals surface area contributed by atoms with Crippen LogP contribution >= 0.6 is 0 Å². The SMILES string of the molecule is CCOc1cccc(CNc2ccc(C)cc2)c1OCc1ccccc1F. The maximum absolute atomic E-state index is 13.9. The fraction of sp³-hybridized carbons (Fsp3) is 0.217. The monoisotopic (exact) mass is 365 g/mol. The molecule has 0 aliphatic carbocycles. The molecule has 0 saturated heterocycles. The van der Waals surface area contributed by atoms with Crippen LogP contribution in [0.25, 0.3) is 0 Å². The predicted octanol–water partition coefficient (Wildman–Crippen LogP) is 5.72. The quantitative estimate of drug-likeness (QED) is 0.553. The number of rotatable bonds is 8. The maximum atomic E-state index is 13.9. The average Bonchev–Trinajstić information content (AvgIpc) is 2.68. The van der Waals surface area contributed by atoms with Gasteiger partial charge in [0.1, 0.15) is 12.4 Å². The minimum Gasteiger partial charge on any atom is -0.490 e. The topological polar surface area (TPSA) is 30.5 Å². The van der Waals surface area contributed by atoms with Crippen LogP contribution in [0.4, 0.5) is 10.1 Å². The Kier molecular flexibility index (Phi) is 6.31. The van der Waals surface area contributed by atoms with E-state index in [0.717, 1.165) is 11.3 Å². The summed E-state index contributed by atoms with van der Waals surface area (Å²) in [5.74, 6) is 1.03. The second-order valence-electron chi connectivity index (χ2n) is 6.28. The molecule has 3 rings (SSSR count). The van der Waals surface area contributed by atoms with Gasteiger partial charge < -0.3 is 14.8 Å². The second kappa shape index (κ2) is 9.08. The number of halogens is 1. The first kappa shape index (κ1) is 18.8. The molecule has 0 heterocycles. The van der Waals surface area contributed by atoms with Crippen molar-refractivity contribution in [1.29, 1.82) is 0 Å². The lowest BCUT2D eigenvalue weighted by molar-refractivity contribution is 0.263. The molecule has 3 nitrogen and oxygen atoms in total. The van der Waals surface area contributed by atoms with E-state index in [-0.39, 0.29) is 12.4 Å². The molecule has 0 spiro atoms. The van der Waals surface area contributed by atoms with E-state index in [1.54, 1.807) is 18.2 Å². The molecule has 4 heteroatoms. The van der Waals surface area contributed by atoms with Gasteiger partial charge in [-0.1, -0.05) is 48.0 Å². The lowest BCUT2D eigenvalue weighted by Crippen LogP contribution is -2.07. The highest BCUT2D eigenvalue weighted by Crippen LogP contribution is 2.33. The molecule has 0 fully saturated rings. The Labute approximate surface area is 159 Å². The van der Waals surface area contributed by atoms with Crippen molar-refractivity contribution in [2.24, 2.45) is 0 Å². The molecule has 0 aliphatic heterocycles. The smallest absolute Gasteiger partial charge is 0.166 e. The summed E-state index contributed by atoms with van der Waals surface area (Å²) >= 11 is 0. The standard InChI is InChI=1S/C23H24FNO2/c1-3-26-22-10-6-8-18(15-25-20-13-11-17(2)12-14-20)23(22)27-16-19-7-4-5-9-21(19)24/h4-14,25H,3,15-16H2,1-2H3. The van der Waals surface area contributed by atoms with E-state index < -0.39 is 0 Å². The van der Waals surface area contributed by atoms with Crippen molar-refractivity contribution >= 4 is 5.69 Å². The number of nitrogens with one attached hydrogen (secondary N) is 1. The van der Waals surface area contributed by atoms with Crippen molar-refractivity contribution in [2.75, 3.05) is 11.9 Å². The van der Waals surface area contributed by atoms with Crippen LogP contribution in [0, 0.1) is 12.7 Å². The molecule has 3 aromatic carbocycles. The van der Waals surface area contributed by atoms with Gasteiger partial charge in [0.2, 0.25) is 0 Å². The zero-order valence-electron chi connectivity index (χ0n) is 15.7. The Morgan fingerprint density at radius 1 is 0.852 bits per heavy atom. The van der Waals surface area contributed by atoms with E-state index in [9.17, 15) is 4.39 Å². The number of benzene rings is 3. The average molecular weight is 365 g/mol. The van der Waals surface area contributed by atoms with Crippen LogP contribution in [0.1, 0.15) is 23.6 Å². The van der Waals surface area contributed by atoms with Gasteiger partial charge in [-0.05, 0) is 38.1 Å². The van der Waals surface area contributed by atoms with Gasteiger partial charge in [0.25, 0.3) is 0 Å². The van der Waals surface area contributed by atoms with Crippen molar-refractivity contribution < 1.29 is 13.9 Å². The van der Waals surface area contributed by atoms with E-state index >= 15 is 0 Å². The van der Waals surface area contributed by atoms with Gasteiger partial charge in [0.05, 0.1) is 6.61 Å². The normalized spacial score (nSPS) is 10.5. The number of para-hydroxylation sites is 1. The second-order valence-corrected chi connectivity index (χ2v) is 6.28. The van der Waals surface area contributed by atoms with E-state index in [4.69, 9.17) is 9.47 Å². The maximum Gasteiger partial charge on any atom is 0.166 e. The summed E-state index contributed by atoms with van der Waals surface area (Å²) in [5.41, 5.74) is 3.72. The Morgan fingerprint density at radius 2 is 1.59 bits per heavy atom. The molecule has 0 unspecified atom stereocenters. The van der Waals surface area contributed by atoms with Crippen LogP contribution in [0.5, 0.6) is 11.5 Å². The predicted molar refractivity (Wildman–Crippen MR) is 107 cm³/mol. The molecule has 0 amide bonds. The van der Waals surface area contributed by atoms with E-state index in [1.807, 2.05) is 37.3 Å². The Balaban J connectivity index is 1.79. The lowest BCUT2D eigenvalue weighted by Gasteiger charge is -2.17. The summed E-state index contributed by atoms with van der Waals surface area (Å²) < 4.78 is 25.6. The van der Waals surface area contributed by atoms with Crippen LogP contribution in [0.2, 0.25) is 0 Å². The number of hydrogen-bond acceptors (Lipinski definition) is 3. The molecule has 27 heavy (non-hydrogen) atoms. The molecular weight excluding hydrogens is 341 g/mol. The molecule has 0 bridgehead atoms. The first-order chi connectivity index (χ1) is 13.2. The first-order valence-electron chi connectivity index (χ1n) is 9.09. The zero-order valence-corrected chi connectivity index (χ0v) is 15.7. The highest BCUT2D eigenvalue weighted by molar-refractivity contribution is 5.50. The molecule has 3 aromatic rings. The van der Waals surface area contributed by atoms with Crippen molar-refractivity contribution in [1.82, 2.24) is 0 Å². The first-order valence-corrected chi connectivity index (χ1v) is 9.09. The molecule has 0 aromatic heterocycles. The summed E-state index contributed by atoms with van der Waals surface area (Å²) in [6.07, 6.45) is 0. The fourth-order valence-electron chi connectivity index (χ4n) is 2.77. The highest BCUT2D eigenvalue weighted by atomic mass is 19.1. The third-order valence-electron chi connectivity index (χ3n) is 4.22. The van der Waals surface area contributed by atoms with Gasteiger partial charge in [-0.15, -0.1) is 0 Å². The van der Waals surface area contributed by atoms with E-state index in [0.29, 0.717) is 30.2 Å². The highest BCUT2D eigenvalue weighted by Gasteiger charge is 2.12. The fourth-order valence-corrected chi connectivity index (χ4v) is 2.77. The van der Waals surface area contributed by atoms with Gasteiger partial charge in [-0.25, -0.2) is 4.39 Å². The minimum atomic E-state index is -0.272. The molecule has 0 saturated carbocycles. The van der Waals surface area contributed by atoms with Crippen LogP contribution in [-0.2, 0) is 13.2 Å². The molecule has 0 aliphatic rings. The van der Waals surface area contributed by atoms with Gasteiger partial charge in [-0.3, -0.25) is 0 Å². The Bertz CT molecular complexity index is 878. The zero-order chi connectivity index (χ0) is 19.1. The van der Waals surface area contributed by atoms with Crippen LogP contribution in [0.3, 0.4) is 0 Å². The van der Waals surface area contributed by atoms with Crippen LogP contribution in [-0.4, -0.2) is 6.61 Å². The van der Waals surface area contributed by atoms with Gasteiger partial charge in [0.15, 0.2) is 11.5 Å². The summed E-state index contributed by atoms with van der Waals surface area (Å²) in [6.45, 7) is 5.25. The summed E-state index contributed by atoms with van der Waals surface area (Å²) in [5, 5.41) is 3.40. The largest absolute Gasteiger partial charge is 0.490 e. The number of hydrogen-bond donors (Lipinski definition) is 1. The Hall–Kier alpha value is -3.01. The van der Waals surface area contributed by atoms with E-state index in [2.05, 4.69) is 24.4 Å². The van der Waals surface area contributed by atoms with Gasteiger partial charge in [-0.2, -0.15) is 0 Å².